The van der Waals surface area contributed by atoms with E-state index in [0.717, 1.165) is 33.6 Å². The number of aryl methyl sites for hydroxylation is 1. The van der Waals surface area contributed by atoms with Crippen molar-refractivity contribution in [3.05, 3.63) is 59.8 Å². The number of anilines is 2. The molecule has 0 saturated heterocycles. The van der Waals surface area contributed by atoms with Crippen molar-refractivity contribution in [3.8, 4) is 5.75 Å². The van der Waals surface area contributed by atoms with Crippen LogP contribution in [0.25, 0.3) is 10.9 Å². The predicted octanol–water partition coefficient (Wildman–Crippen LogP) is 4.50. The summed E-state index contributed by atoms with van der Waals surface area (Å²) in [6, 6.07) is 13.6. The molecule has 1 N–H and O–H groups in total. The van der Waals surface area contributed by atoms with Crippen molar-refractivity contribution in [2.75, 3.05) is 12.4 Å². The molecule has 0 aliphatic heterocycles. The van der Waals surface area contributed by atoms with Crippen LogP contribution in [0.4, 0.5) is 11.4 Å². The van der Waals surface area contributed by atoms with E-state index in [2.05, 4.69) is 10.3 Å². The minimum absolute atomic E-state index is 0.0293. The van der Waals surface area contributed by atoms with Gasteiger partial charge in [0.05, 0.1) is 23.9 Å². The van der Waals surface area contributed by atoms with Crippen LogP contribution in [-0.4, -0.2) is 17.9 Å². The maximum Gasteiger partial charge on any atom is 0.163 e. The molecular formula is C19H18N2O2. The zero-order valence-electron chi connectivity index (χ0n) is 13.4. The zero-order chi connectivity index (χ0) is 16.4. The summed E-state index contributed by atoms with van der Waals surface area (Å²) in [7, 11) is 1.62. The normalized spacial score (nSPS) is 10.6. The van der Waals surface area contributed by atoms with Crippen LogP contribution >= 0.6 is 0 Å². The highest BCUT2D eigenvalue weighted by atomic mass is 16.5. The van der Waals surface area contributed by atoms with Crippen molar-refractivity contribution in [2.24, 2.45) is 0 Å². The van der Waals surface area contributed by atoms with E-state index >= 15 is 0 Å². The molecule has 0 fully saturated rings. The summed E-state index contributed by atoms with van der Waals surface area (Å²) >= 11 is 0. The first-order valence-electron chi connectivity index (χ1n) is 7.40. The minimum atomic E-state index is -0.0293. The highest BCUT2D eigenvalue weighted by Gasteiger charge is 2.14. The van der Waals surface area contributed by atoms with Crippen molar-refractivity contribution in [1.82, 2.24) is 4.98 Å². The van der Waals surface area contributed by atoms with E-state index in [0.29, 0.717) is 5.56 Å². The van der Waals surface area contributed by atoms with Gasteiger partial charge < -0.3 is 10.1 Å². The highest BCUT2D eigenvalue weighted by Crippen LogP contribution is 2.32. The summed E-state index contributed by atoms with van der Waals surface area (Å²) in [5, 5.41) is 4.26. The first kappa shape index (κ1) is 15.0. The van der Waals surface area contributed by atoms with Gasteiger partial charge in [-0.25, -0.2) is 0 Å². The Morgan fingerprint density at radius 1 is 1.17 bits per heavy atom. The van der Waals surface area contributed by atoms with E-state index in [9.17, 15) is 4.79 Å². The topological polar surface area (TPSA) is 51.2 Å². The fourth-order valence-corrected chi connectivity index (χ4v) is 2.55. The number of methoxy groups -OCH3 is 1. The molecule has 0 aliphatic rings. The number of benzene rings is 2. The molecule has 1 heterocycles. The standard InChI is InChI=1S/C19H18N2O2/c1-12-6-4-5-7-17(12)21-19-15-10-14(23-3)8-9-18(15)20-11-16(19)13(2)22/h4-11H,1-3H3,(H,20,21). The summed E-state index contributed by atoms with van der Waals surface area (Å²) in [6.45, 7) is 3.58. The zero-order valence-corrected chi connectivity index (χ0v) is 13.4. The van der Waals surface area contributed by atoms with Crippen LogP contribution in [0, 0.1) is 6.92 Å². The van der Waals surface area contributed by atoms with Gasteiger partial charge in [-0.1, -0.05) is 18.2 Å². The van der Waals surface area contributed by atoms with E-state index in [1.807, 2.05) is 49.4 Å². The third-order valence-corrected chi connectivity index (χ3v) is 3.86. The second kappa shape index (κ2) is 6.08. The minimum Gasteiger partial charge on any atom is -0.497 e. The lowest BCUT2D eigenvalue weighted by Gasteiger charge is -2.15. The Morgan fingerprint density at radius 2 is 1.96 bits per heavy atom. The summed E-state index contributed by atoms with van der Waals surface area (Å²) in [6.07, 6.45) is 1.62. The number of hydrogen-bond acceptors (Lipinski definition) is 4. The van der Waals surface area contributed by atoms with Gasteiger partial charge in [0.2, 0.25) is 0 Å². The van der Waals surface area contributed by atoms with Crippen LogP contribution in [-0.2, 0) is 0 Å². The molecule has 0 unspecified atom stereocenters. The maximum absolute atomic E-state index is 12.0. The molecule has 0 aliphatic carbocycles. The Bertz CT molecular complexity index is 888. The van der Waals surface area contributed by atoms with E-state index in [4.69, 9.17) is 4.74 Å². The molecule has 23 heavy (non-hydrogen) atoms. The van der Waals surface area contributed by atoms with Crippen LogP contribution in [0.15, 0.2) is 48.7 Å². The van der Waals surface area contributed by atoms with Gasteiger partial charge in [0, 0.05) is 17.3 Å². The van der Waals surface area contributed by atoms with Gasteiger partial charge in [0.25, 0.3) is 0 Å². The van der Waals surface area contributed by atoms with Crippen molar-refractivity contribution in [3.63, 3.8) is 0 Å². The number of carbonyl (C=O) groups is 1. The number of carbonyl (C=O) groups excluding carboxylic acids is 1. The van der Waals surface area contributed by atoms with Gasteiger partial charge >= 0.3 is 0 Å². The number of ether oxygens (including phenoxy) is 1. The Morgan fingerprint density at radius 3 is 2.65 bits per heavy atom. The first-order chi connectivity index (χ1) is 11.1. The number of hydrogen-bond donors (Lipinski definition) is 1. The number of Topliss-reactive ketones (excluding diaryl/α,β-unsaturated/α-hetero) is 1. The van der Waals surface area contributed by atoms with Gasteiger partial charge in [-0.15, -0.1) is 0 Å². The molecular weight excluding hydrogens is 288 g/mol. The summed E-state index contributed by atoms with van der Waals surface area (Å²) in [4.78, 5) is 16.4. The predicted molar refractivity (Wildman–Crippen MR) is 92.8 cm³/mol. The molecule has 4 nitrogen and oxygen atoms in total. The van der Waals surface area contributed by atoms with Crippen LogP contribution in [0.2, 0.25) is 0 Å². The quantitative estimate of drug-likeness (QED) is 0.721. The van der Waals surface area contributed by atoms with Crippen molar-refractivity contribution in [1.29, 1.82) is 0 Å². The lowest BCUT2D eigenvalue weighted by molar-refractivity contribution is 0.101. The van der Waals surface area contributed by atoms with Crippen LogP contribution in [0.1, 0.15) is 22.8 Å². The molecule has 0 atom stereocenters. The average Bonchev–Trinajstić information content (AvgIpc) is 2.56. The smallest absolute Gasteiger partial charge is 0.163 e. The first-order valence-corrected chi connectivity index (χ1v) is 7.40. The second-order valence-electron chi connectivity index (χ2n) is 5.43. The Labute approximate surface area is 135 Å². The molecule has 3 rings (SSSR count). The molecule has 0 radical (unpaired) electrons. The molecule has 4 heteroatoms. The maximum atomic E-state index is 12.0. The Balaban J connectivity index is 2.24. The van der Waals surface area contributed by atoms with Gasteiger partial charge in [-0.2, -0.15) is 0 Å². The molecule has 0 spiro atoms. The number of nitrogens with zero attached hydrogens (tertiary/aromatic N) is 1. The third-order valence-electron chi connectivity index (χ3n) is 3.86. The number of nitrogens with one attached hydrogen (secondary N) is 1. The number of aromatic nitrogens is 1. The monoisotopic (exact) mass is 306 g/mol. The molecule has 0 amide bonds. The van der Waals surface area contributed by atoms with Crippen LogP contribution < -0.4 is 10.1 Å². The van der Waals surface area contributed by atoms with E-state index in [1.54, 1.807) is 20.2 Å². The number of para-hydroxylation sites is 1. The number of fused-ring (bicyclic) bond motifs is 1. The Hall–Kier alpha value is -2.88. The van der Waals surface area contributed by atoms with Crippen molar-refractivity contribution >= 4 is 28.1 Å². The number of ketones is 1. The number of rotatable bonds is 4. The molecule has 0 saturated carbocycles. The lowest BCUT2D eigenvalue weighted by Crippen LogP contribution is -2.03. The van der Waals surface area contributed by atoms with E-state index in [-0.39, 0.29) is 5.78 Å². The molecule has 116 valence electrons. The highest BCUT2D eigenvalue weighted by molar-refractivity contribution is 6.08. The molecule has 3 aromatic rings. The van der Waals surface area contributed by atoms with Gasteiger partial charge in [-0.05, 0) is 43.7 Å². The van der Waals surface area contributed by atoms with Crippen LogP contribution in [0.5, 0.6) is 5.75 Å². The van der Waals surface area contributed by atoms with Gasteiger partial charge in [-0.3, -0.25) is 9.78 Å². The molecule has 0 bridgehead atoms. The second-order valence-corrected chi connectivity index (χ2v) is 5.43. The fraction of sp³-hybridized carbons (Fsp3) is 0.158. The van der Waals surface area contributed by atoms with Gasteiger partial charge in [0.1, 0.15) is 5.75 Å². The summed E-state index contributed by atoms with van der Waals surface area (Å²) in [5.74, 6) is 0.700. The number of pyridine rings is 1. The summed E-state index contributed by atoms with van der Waals surface area (Å²) in [5.41, 5.74) is 4.21. The fourth-order valence-electron chi connectivity index (χ4n) is 2.55. The SMILES string of the molecule is COc1ccc2ncc(C(C)=O)c(Nc3ccccc3C)c2c1. The van der Waals surface area contributed by atoms with E-state index in [1.165, 1.54) is 0 Å². The largest absolute Gasteiger partial charge is 0.497 e. The van der Waals surface area contributed by atoms with Gasteiger partial charge in [0.15, 0.2) is 5.78 Å². The van der Waals surface area contributed by atoms with Crippen LogP contribution in [0.3, 0.4) is 0 Å². The average molecular weight is 306 g/mol. The Kier molecular flexibility index (Phi) is 3.98. The molecule has 1 aromatic heterocycles. The summed E-state index contributed by atoms with van der Waals surface area (Å²) < 4.78 is 5.31. The molecule has 2 aromatic carbocycles. The van der Waals surface area contributed by atoms with Crippen molar-refractivity contribution in [2.45, 2.75) is 13.8 Å². The lowest BCUT2D eigenvalue weighted by atomic mass is 10.1. The van der Waals surface area contributed by atoms with E-state index < -0.39 is 0 Å². The third kappa shape index (κ3) is 2.88. The van der Waals surface area contributed by atoms with Crippen molar-refractivity contribution < 1.29 is 9.53 Å².